The number of benzene rings is 1. The molecule has 1 aliphatic rings. The van der Waals surface area contributed by atoms with Crippen LogP contribution in [0.25, 0.3) is 0 Å². The summed E-state index contributed by atoms with van der Waals surface area (Å²) in [5, 5.41) is 6.80. The smallest absolute Gasteiger partial charge is 0.246 e. The van der Waals surface area contributed by atoms with E-state index in [9.17, 15) is 8.42 Å². The molecule has 0 saturated carbocycles. The molecule has 1 N–H and O–H groups in total. The van der Waals surface area contributed by atoms with E-state index in [1.807, 2.05) is 0 Å². The van der Waals surface area contributed by atoms with Crippen molar-refractivity contribution >= 4 is 21.4 Å². The first kappa shape index (κ1) is 19.7. The highest BCUT2D eigenvalue weighted by atomic mass is 32.2. The number of sulfonamides is 1. The lowest BCUT2D eigenvalue weighted by Gasteiger charge is -2.35. The summed E-state index contributed by atoms with van der Waals surface area (Å²) in [4.78, 5) is 4.87. The van der Waals surface area contributed by atoms with E-state index in [1.54, 1.807) is 18.2 Å². The van der Waals surface area contributed by atoms with Crippen LogP contribution in [0.3, 0.4) is 0 Å². The minimum atomic E-state index is -3.50. The first-order chi connectivity index (χ1) is 12.9. The molecule has 2 aromatic rings. The number of aromatic amines is 1. The second-order valence-electron chi connectivity index (χ2n) is 6.84. The van der Waals surface area contributed by atoms with E-state index in [-0.39, 0.29) is 0 Å². The first-order valence-corrected chi connectivity index (χ1v) is 10.9. The number of nitrogens with one attached hydrogen (secondary N) is 1. The summed E-state index contributed by atoms with van der Waals surface area (Å²) in [5.74, 6) is 0. The van der Waals surface area contributed by atoms with Crippen molar-refractivity contribution in [1.29, 1.82) is 0 Å². The van der Waals surface area contributed by atoms with Crippen molar-refractivity contribution in [3.8, 4) is 0 Å². The maximum absolute atomic E-state index is 13.0. The number of nitrogens with zero attached hydrogens (tertiary/aromatic N) is 4. The van der Waals surface area contributed by atoms with E-state index < -0.39 is 10.0 Å². The highest BCUT2D eigenvalue weighted by Crippen LogP contribution is 2.25. The highest BCUT2D eigenvalue weighted by Gasteiger charge is 2.32. The lowest BCUT2D eigenvalue weighted by Crippen LogP contribution is -2.48. The molecule has 1 aromatic carbocycles. The van der Waals surface area contributed by atoms with E-state index in [0.29, 0.717) is 42.5 Å². The molecule has 27 heavy (non-hydrogen) atoms. The monoisotopic (exact) mass is 391 g/mol. The number of anilines is 2. The number of hydrogen-bond acceptors (Lipinski definition) is 5. The van der Waals surface area contributed by atoms with Gasteiger partial charge in [-0.25, -0.2) is 8.42 Å². The zero-order valence-corrected chi connectivity index (χ0v) is 17.4. The van der Waals surface area contributed by atoms with Gasteiger partial charge in [0.25, 0.3) is 0 Å². The second kappa shape index (κ2) is 7.90. The molecule has 0 bridgehead atoms. The van der Waals surface area contributed by atoms with Crippen LogP contribution in [0.4, 0.5) is 11.4 Å². The minimum Gasteiger partial charge on any atom is -0.372 e. The van der Waals surface area contributed by atoms with Gasteiger partial charge in [-0.1, -0.05) is 0 Å². The van der Waals surface area contributed by atoms with Gasteiger partial charge in [0.15, 0.2) is 0 Å². The van der Waals surface area contributed by atoms with Gasteiger partial charge in [0.05, 0.1) is 11.4 Å². The molecule has 0 aliphatic carbocycles. The molecular formula is C19H29N5O2S. The van der Waals surface area contributed by atoms with Gasteiger partial charge in [-0.3, -0.25) is 5.10 Å². The van der Waals surface area contributed by atoms with Crippen LogP contribution in [-0.2, 0) is 10.0 Å². The molecule has 0 spiro atoms. The van der Waals surface area contributed by atoms with Gasteiger partial charge in [-0.15, -0.1) is 0 Å². The minimum absolute atomic E-state index is 0.319. The number of H-pyrrole nitrogens is 1. The zero-order chi connectivity index (χ0) is 19.6. The van der Waals surface area contributed by atoms with Crippen LogP contribution >= 0.6 is 0 Å². The second-order valence-corrected chi connectivity index (χ2v) is 8.72. The van der Waals surface area contributed by atoms with Crippen molar-refractivity contribution < 1.29 is 8.42 Å². The molecule has 0 amide bonds. The fourth-order valence-corrected chi connectivity index (χ4v) is 5.45. The fraction of sp³-hybridized carbons (Fsp3) is 0.526. The summed E-state index contributed by atoms with van der Waals surface area (Å²) in [7, 11) is -3.50. The normalized spacial score (nSPS) is 15.9. The third-order valence-corrected chi connectivity index (χ3v) is 7.40. The van der Waals surface area contributed by atoms with E-state index in [4.69, 9.17) is 0 Å². The van der Waals surface area contributed by atoms with Crippen molar-refractivity contribution in [2.75, 3.05) is 49.1 Å². The standard InChI is InChI=1S/C19H29N5O2S/c1-5-22(6-2)17-7-9-18(10-8-17)23-11-13-24(14-12-23)27(25,26)19-15(3)20-21-16(19)4/h7-10H,5-6,11-14H2,1-4H3,(H,20,21). The molecule has 0 radical (unpaired) electrons. The zero-order valence-electron chi connectivity index (χ0n) is 16.6. The molecule has 7 nitrogen and oxygen atoms in total. The lowest BCUT2D eigenvalue weighted by atomic mass is 10.2. The predicted molar refractivity (Wildman–Crippen MR) is 109 cm³/mol. The Morgan fingerprint density at radius 1 is 1.04 bits per heavy atom. The summed E-state index contributed by atoms with van der Waals surface area (Å²) < 4.78 is 27.5. The number of hydrogen-bond donors (Lipinski definition) is 1. The SMILES string of the molecule is CCN(CC)c1ccc(N2CCN(S(=O)(=O)c3c(C)n[nH]c3C)CC2)cc1. The molecule has 3 rings (SSSR count). The molecule has 1 fully saturated rings. The van der Waals surface area contributed by atoms with Gasteiger partial charge in [0.2, 0.25) is 10.0 Å². The molecule has 1 aliphatic heterocycles. The van der Waals surface area contributed by atoms with E-state index in [2.05, 4.69) is 58.1 Å². The summed E-state index contributed by atoms with van der Waals surface area (Å²) in [6.07, 6.45) is 0. The number of piperazine rings is 1. The lowest BCUT2D eigenvalue weighted by molar-refractivity contribution is 0.384. The van der Waals surface area contributed by atoms with Crippen LogP contribution in [0.1, 0.15) is 25.2 Å². The topological polar surface area (TPSA) is 72.5 Å². The van der Waals surface area contributed by atoms with Crippen LogP contribution in [0.5, 0.6) is 0 Å². The third-order valence-electron chi connectivity index (χ3n) is 5.24. The average Bonchev–Trinajstić information content (AvgIpc) is 3.02. The predicted octanol–water partition coefficient (Wildman–Crippen LogP) is 2.38. The number of rotatable bonds is 6. The van der Waals surface area contributed by atoms with Gasteiger partial charge < -0.3 is 9.80 Å². The molecule has 0 atom stereocenters. The number of aryl methyl sites for hydroxylation is 2. The molecule has 1 aromatic heterocycles. The van der Waals surface area contributed by atoms with E-state index in [0.717, 1.165) is 18.8 Å². The molecule has 148 valence electrons. The quantitative estimate of drug-likeness (QED) is 0.819. The van der Waals surface area contributed by atoms with Crippen molar-refractivity contribution in [2.45, 2.75) is 32.6 Å². The maximum atomic E-state index is 13.0. The maximum Gasteiger partial charge on any atom is 0.246 e. The Morgan fingerprint density at radius 3 is 2.11 bits per heavy atom. The van der Waals surface area contributed by atoms with Crippen LogP contribution in [0.15, 0.2) is 29.2 Å². The van der Waals surface area contributed by atoms with Crippen molar-refractivity contribution in [2.24, 2.45) is 0 Å². The Kier molecular flexibility index (Phi) is 5.76. The average molecular weight is 392 g/mol. The Balaban J connectivity index is 1.69. The largest absolute Gasteiger partial charge is 0.372 e. The van der Waals surface area contributed by atoms with Crippen LogP contribution in [0, 0.1) is 13.8 Å². The Labute approximate surface area is 162 Å². The van der Waals surface area contributed by atoms with E-state index in [1.165, 1.54) is 5.69 Å². The molecule has 1 saturated heterocycles. The van der Waals surface area contributed by atoms with E-state index >= 15 is 0 Å². The van der Waals surface area contributed by atoms with Crippen LogP contribution in [-0.4, -0.2) is 62.2 Å². The summed E-state index contributed by atoms with van der Waals surface area (Å²) >= 11 is 0. The van der Waals surface area contributed by atoms with Gasteiger partial charge in [0, 0.05) is 50.6 Å². The number of aromatic nitrogens is 2. The molecular weight excluding hydrogens is 362 g/mol. The van der Waals surface area contributed by atoms with Gasteiger partial charge in [-0.2, -0.15) is 9.40 Å². The van der Waals surface area contributed by atoms with Gasteiger partial charge >= 0.3 is 0 Å². The first-order valence-electron chi connectivity index (χ1n) is 9.50. The molecule has 0 unspecified atom stereocenters. The Hall–Kier alpha value is -2.06. The van der Waals surface area contributed by atoms with Gasteiger partial charge in [0.1, 0.15) is 4.90 Å². The molecule has 2 heterocycles. The van der Waals surface area contributed by atoms with Crippen molar-refractivity contribution in [3.63, 3.8) is 0 Å². The Morgan fingerprint density at radius 2 is 1.63 bits per heavy atom. The van der Waals surface area contributed by atoms with Crippen LogP contribution in [0.2, 0.25) is 0 Å². The van der Waals surface area contributed by atoms with Crippen molar-refractivity contribution in [3.05, 3.63) is 35.7 Å². The third kappa shape index (κ3) is 3.82. The van der Waals surface area contributed by atoms with Gasteiger partial charge in [-0.05, 0) is 52.0 Å². The Bertz CT molecular complexity index is 845. The highest BCUT2D eigenvalue weighted by molar-refractivity contribution is 7.89. The summed E-state index contributed by atoms with van der Waals surface area (Å²) in [5.41, 5.74) is 3.48. The summed E-state index contributed by atoms with van der Waals surface area (Å²) in [6, 6.07) is 8.54. The fourth-order valence-electron chi connectivity index (χ4n) is 3.70. The summed E-state index contributed by atoms with van der Waals surface area (Å²) in [6.45, 7) is 12.1. The molecule has 8 heteroatoms. The van der Waals surface area contributed by atoms with Crippen molar-refractivity contribution in [1.82, 2.24) is 14.5 Å². The van der Waals surface area contributed by atoms with Crippen LogP contribution < -0.4 is 9.80 Å².